The third kappa shape index (κ3) is 3.92. The van der Waals surface area contributed by atoms with Gasteiger partial charge in [-0.2, -0.15) is 0 Å². The van der Waals surface area contributed by atoms with Crippen molar-refractivity contribution >= 4 is 5.91 Å². The first-order valence-electron chi connectivity index (χ1n) is 10.1. The summed E-state index contributed by atoms with van der Waals surface area (Å²) in [6.45, 7) is 4.22. The number of benzene rings is 1. The van der Waals surface area contributed by atoms with Gasteiger partial charge >= 0.3 is 0 Å². The van der Waals surface area contributed by atoms with E-state index in [9.17, 15) is 4.79 Å². The van der Waals surface area contributed by atoms with E-state index in [0.29, 0.717) is 6.04 Å². The van der Waals surface area contributed by atoms with Crippen LogP contribution in [0.5, 0.6) is 5.75 Å². The lowest BCUT2D eigenvalue weighted by atomic mass is 9.81. The van der Waals surface area contributed by atoms with Gasteiger partial charge in [-0.05, 0) is 31.7 Å². The van der Waals surface area contributed by atoms with Crippen molar-refractivity contribution in [3.8, 4) is 5.75 Å². The maximum absolute atomic E-state index is 11.8. The summed E-state index contributed by atoms with van der Waals surface area (Å²) in [5, 5.41) is 0. The summed E-state index contributed by atoms with van der Waals surface area (Å²) in [5.74, 6) is 1.15. The Kier molecular flexibility index (Phi) is 5.15. The van der Waals surface area contributed by atoms with Crippen LogP contribution in [-0.4, -0.2) is 50.5 Å². The van der Waals surface area contributed by atoms with Crippen molar-refractivity contribution in [2.45, 2.75) is 57.3 Å². The topological polar surface area (TPSA) is 50.6 Å². The third-order valence-electron chi connectivity index (χ3n) is 6.26. The average Bonchev–Trinajstić information content (AvgIpc) is 3.00. The first kappa shape index (κ1) is 19.0. The van der Waals surface area contributed by atoms with Crippen molar-refractivity contribution in [3.05, 3.63) is 48.0 Å². The number of hydrogen-bond acceptors (Lipinski definition) is 4. The minimum Gasteiger partial charge on any atom is -0.486 e. The van der Waals surface area contributed by atoms with Gasteiger partial charge in [0.2, 0.25) is 5.91 Å². The predicted octanol–water partition coefficient (Wildman–Crippen LogP) is 2.97. The molecule has 6 heteroatoms. The number of aryl methyl sites for hydroxylation is 1. The fourth-order valence-electron chi connectivity index (χ4n) is 4.63. The van der Waals surface area contributed by atoms with Crippen LogP contribution in [0, 0.1) is 0 Å². The number of nitrogens with zero attached hydrogens (tertiary/aromatic N) is 4. The molecule has 1 fully saturated rings. The zero-order valence-electron chi connectivity index (χ0n) is 17.1. The number of imidazole rings is 1. The lowest BCUT2D eigenvalue weighted by Crippen LogP contribution is -2.51. The molecule has 1 aromatic carbocycles. The fraction of sp³-hybridized carbons (Fsp3) is 0.545. The summed E-state index contributed by atoms with van der Waals surface area (Å²) in [7, 11) is 3.92. The van der Waals surface area contributed by atoms with Gasteiger partial charge in [0.1, 0.15) is 11.4 Å². The molecular formula is C22H30N4O2. The van der Waals surface area contributed by atoms with Gasteiger partial charge in [-0.1, -0.05) is 18.2 Å². The van der Waals surface area contributed by atoms with Crippen LogP contribution in [0.25, 0.3) is 0 Å². The van der Waals surface area contributed by atoms with Gasteiger partial charge in [-0.3, -0.25) is 9.69 Å². The van der Waals surface area contributed by atoms with E-state index in [-0.39, 0.29) is 11.5 Å². The maximum Gasteiger partial charge on any atom is 0.219 e. The number of para-hydroxylation sites is 1. The molecule has 150 valence electrons. The second-order valence-corrected chi connectivity index (χ2v) is 8.43. The van der Waals surface area contributed by atoms with Gasteiger partial charge < -0.3 is 14.2 Å². The van der Waals surface area contributed by atoms with Crippen molar-refractivity contribution in [1.82, 2.24) is 19.4 Å². The van der Waals surface area contributed by atoms with E-state index in [1.807, 2.05) is 29.9 Å². The Morgan fingerprint density at radius 3 is 2.75 bits per heavy atom. The van der Waals surface area contributed by atoms with Crippen LogP contribution in [0.3, 0.4) is 0 Å². The van der Waals surface area contributed by atoms with Crippen LogP contribution in [0.15, 0.2) is 36.8 Å². The second-order valence-electron chi connectivity index (χ2n) is 8.43. The molecular weight excluding hydrogens is 352 g/mol. The van der Waals surface area contributed by atoms with Crippen molar-refractivity contribution in [2.75, 3.05) is 13.6 Å². The summed E-state index contributed by atoms with van der Waals surface area (Å²) in [6.07, 6.45) is 7.83. The monoisotopic (exact) mass is 382 g/mol. The molecule has 1 amide bonds. The Morgan fingerprint density at radius 1 is 1.32 bits per heavy atom. The molecule has 2 aromatic rings. The van der Waals surface area contributed by atoms with Crippen LogP contribution in [-0.2, 0) is 24.9 Å². The standard InChI is InChI=1S/C22H30N4O2/c1-17(27)25(3)20-8-10-22(11-9-20)15-26(14-19-13-24(2)16-23-19)12-18-6-4-5-7-21(18)28-22/h4-7,13,16,20H,8-12,14-15H2,1-3H3. The molecule has 2 aliphatic rings. The zero-order valence-corrected chi connectivity index (χ0v) is 17.1. The van der Waals surface area contributed by atoms with E-state index in [4.69, 9.17) is 4.74 Å². The lowest BCUT2D eigenvalue weighted by Gasteiger charge is -2.43. The number of ether oxygens (including phenoxy) is 1. The Morgan fingerprint density at radius 2 is 2.07 bits per heavy atom. The Labute approximate surface area is 167 Å². The molecule has 1 aliphatic heterocycles. The van der Waals surface area contributed by atoms with E-state index in [1.54, 1.807) is 6.92 Å². The van der Waals surface area contributed by atoms with Crippen LogP contribution in [0.2, 0.25) is 0 Å². The second kappa shape index (κ2) is 7.59. The van der Waals surface area contributed by atoms with Crippen LogP contribution in [0.4, 0.5) is 0 Å². The molecule has 0 unspecified atom stereocenters. The molecule has 1 aromatic heterocycles. The van der Waals surface area contributed by atoms with Gasteiger partial charge in [-0.15, -0.1) is 0 Å². The van der Waals surface area contributed by atoms with E-state index in [0.717, 1.165) is 56.8 Å². The van der Waals surface area contributed by atoms with Gasteiger partial charge in [0.25, 0.3) is 0 Å². The summed E-state index contributed by atoms with van der Waals surface area (Å²) in [4.78, 5) is 20.6. The Bertz CT molecular complexity index is 839. The van der Waals surface area contributed by atoms with Gasteiger partial charge in [0, 0.05) is 58.5 Å². The molecule has 0 N–H and O–H groups in total. The Hall–Kier alpha value is -2.34. The van der Waals surface area contributed by atoms with Crippen molar-refractivity contribution in [1.29, 1.82) is 0 Å². The number of carbonyl (C=O) groups is 1. The predicted molar refractivity (Wildman–Crippen MR) is 108 cm³/mol. The minimum atomic E-state index is -0.199. The van der Waals surface area contributed by atoms with Crippen molar-refractivity contribution in [3.63, 3.8) is 0 Å². The smallest absolute Gasteiger partial charge is 0.219 e. The van der Waals surface area contributed by atoms with E-state index in [1.165, 1.54) is 5.56 Å². The molecule has 1 saturated carbocycles. The molecule has 0 atom stereocenters. The first-order valence-corrected chi connectivity index (χ1v) is 10.1. The number of aromatic nitrogens is 2. The fourth-order valence-corrected chi connectivity index (χ4v) is 4.63. The maximum atomic E-state index is 11.8. The summed E-state index contributed by atoms with van der Waals surface area (Å²) < 4.78 is 8.67. The number of fused-ring (bicyclic) bond motifs is 1. The number of rotatable bonds is 3. The van der Waals surface area contributed by atoms with Crippen LogP contribution >= 0.6 is 0 Å². The van der Waals surface area contributed by atoms with Gasteiger partial charge in [-0.25, -0.2) is 4.98 Å². The summed E-state index contributed by atoms with van der Waals surface area (Å²) >= 11 is 0. The minimum absolute atomic E-state index is 0.143. The molecule has 1 aliphatic carbocycles. The van der Waals surface area contributed by atoms with E-state index >= 15 is 0 Å². The number of hydrogen-bond donors (Lipinski definition) is 0. The largest absolute Gasteiger partial charge is 0.486 e. The molecule has 2 heterocycles. The highest BCUT2D eigenvalue weighted by Crippen LogP contribution is 2.39. The third-order valence-corrected chi connectivity index (χ3v) is 6.26. The van der Waals surface area contributed by atoms with E-state index < -0.39 is 0 Å². The van der Waals surface area contributed by atoms with Crippen molar-refractivity contribution in [2.24, 2.45) is 7.05 Å². The molecule has 0 radical (unpaired) electrons. The SMILES string of the molecule is CC(=O)N(C)C1CCC2(CC1)CN(Cc1cn(C)cn1)Cc1ccccc1O2. The highest BCUT2D eigenvalue weighted by atomic mass is 16.5. The number of carbonyl (C=O) groups excluding carboxylic acids is 1. The summed E-state index contributed by atoms with van der Waals surface area (Å²) in [6, 6.07) is 8.70. The molecule has 6 nitrogen and oxygen atoms in total. The lowest BCUT2D eigenvalue weighted by molar-refractivity contribution is -0.131. The van der Waals surface area contributed by atoms with E-state index in [2.05, 4.69) is 40.3 Å². The molecule has 28 heavy (non-hydrogen) atoms. The first-order chi connectivity index (χ1) is 13.4. The highest BCUT2D eigenvalue weighted by molar-refractivity contribution is 5.73. The molecule has 0 bridgehead atoms. The zero-order chi connectivity index (χ0) is 19.7. The van der Waals surface area contributed by atoms with Crippen LogP contribution < -0.4 is 4.74 Å². The summed E-state index contributed by atoms with van der Waals surface area (Å²) in [5.41, 5.74) is 2.12. The van der Waals surface area contributed by atoms with Gasteiger partial charge in [0.15, 0.2) is 0 Å². The highest BCUT2D eigenvalue weighted by Gasteiger charge is 2.42. The molecule has 0 saturated heterocycles. The van der Waals surface area contributed by atoms with Crippen molar-refractivity contribution < 1.29 is 9.53 Å². The van der Waals surface area contributed by atoms with Crippen LogP contribution in [0.1, 0.15) is 43.9 Å². The Balaban J connectivity index is 1.56. The molecule has 1 spiro atoms. The molecule has 4 rings (SSSR count). The number of amides is 1. The normalized spacial score (nSPS) is 25.0. The quantitative estimate of drug-likeness (QED) is 0.819. The average molecular weight is 383 g/mol. The van der Waals surface area contributed by atoms with Gasteiger partial charge in [0.05, 0.1) is 12.0 Å².